The van der Waals surface area contributed by atoms with Gasteiger partial charge in [0.2, 0.25) is 0 Å². The summed E-state index contributed by atoms with van der Waals surface area (Å²) < 4.78 is 26.3. The van der Waals surface area contributed by atoms with Gasteiger partial charge in [0, 0.05) is 12.8 Å². The van der Waals surface area contributed by atoms with Gasteiger partial charge in [-0.2, -0.15) is 0 Å². The van der Waals surface area contributed by atoms with Crippen molar-refractivity contribution in [2.75, 3.05) is 13.2 Å². The van der Waals surface area contributed by atoms with E-state index in [0.717, 1.165) is 64.2 Å². The maximum absolute atomic E-state index is 12.4. The van der Waals surface area contributed by atoms with E-state index in [2.05, 4.69) is 79.1 Å². The van der Waals surface area contributed by atoms with Crippen molar-refractivity contribution < 1.29 is 37.9 Å². The number of ether oxygens (including phenoxy) is 2. The largest absolute Gasteiger partial charge is 0.469 e. The summed E-state index contributed by atoms with van der Waals surface area (Å²) in [6, 6.07) is 0. The Hall–Kier alpha value is -2.25. The Bertz CT molecular complexity index is 995. The number of hydrogen-bond acceptors (Lipinski definition) is 6. The summed E-state index contributed by atoms with van der Waals surface area (Å²) in [5.74, 6) is -0.943. The first-order valence-electron chi connectivity index (χ1n) is 19.6. The van der Waals surface area contributed by atoms with Gasteiger partial charge in [0.15, 0.2) is 6.10 Å². The van der Waals surface area contributed by atoms with Crippen LogP contribution in [0.25, 0.3) is 0 Å². The average molecular weight is 723 g/mol. The lowest BCUT2D eigenvalue weighted by atomic mass is 10.1. The van der Waals surface area contributed by atoms with Gasteiger partial charge in [-0.1, -0.05) is 132 Å². The Kier molecular flexibility index (Phi) is 34.9. The molecule has 0 amide bonds. The molecule has 0 aliphatic carbocycles. The second-order valence-corrected chi connectivity index (χ2v) is 14.1. The SMILES string of the molecule is CCCCC/C=C\C/C=C\C/C=C\CCCCC(=O)O[C@H](COC(=O)CCCCCCCCC/C=C\C/C=C\CCCCC)COP(=O)(O)O. The van der Waals surface area contributed by atoms with Gasteiger partial charge in [-0.05, 0) is 83.5 Å². The first-order chi connectivity index (χ1) is 24.3. The minimum Gasteiger partial charge on any atom is -0.462 e. The third kappa shape index (κ3) is 38.6. The van der Waals surface area contributed by atoms with Crippen LogP contribution in [0.4, 0.5) is 0 Å². The van der Waals surface area contributed by atoms with Gasteiger partial charge in [-0.15, -0.1) is 0 Å². The molecule has 0 spiro atoms. The molecule has 0 aromatic rings. The topological polar surface area (TPSA) is 119 Å². The Morgan fingerprint density at radius 3 is 1.38 bits per heavy atom. The second-order valence-electron chi connectivity index (χ2n) is 12.9. The van der Waals surface area contributed by atoms with E-state index < -0.39 is 32.5 Å². The zero-order chi connectivity index (χ0) is 36.8. The molecule has 0 fully saturated rings. The normalized spacial score (nSPS) is 13.1. The molecule has 288 valence electrons. The summed E-state index contributed by atoms with van der Waals surface area (Å²) in [6.45, 7) is 3.58. The van der Waals surface area contributed by atoms with E-state index in [1.165, 1.54) is 64.2 Å². The van der Waals surface area contributed by atoms with Crippen molar-refractivity contribution in [3.05, 3.63) is 60.8 Å². The van der Waals surface area contributed by atoms with Crippen molar-refractivity contribution in [2.45, 2.75) is 174 Å². The second kappa shape index (κ2) is 36.5. The molecule has 2 N–H and O–H groups in total. The first kappa shape index (κ1) is 47.8. The molecule has 0 aliphatic heterocycles. The smallest absolute Gasteiger partial charge is 0.462 e. The van der Waals surface area contributed by atoms with E-state index in [9.17, 15) is 14.2 Å². The molecule has 1 atom stereocenters. The fraction of sp³-hybridized carbons (Fsp3) is 0.707. The van der Waals surface area contributed by atoms with Crippen LogP contribution >= 0.6 is 7.82 Å². The standard InChI is InChI=1S/C41H71O8P/c1-3-5-7-9-11-13-15-17-19-20-22-23-25-27-29-31-33-35-40(42)47-37-39(38-48-50(44,45)46)49-41(43)36-34-32-30-28-26-24-21-18-16-14-12-10-8-6-4-2/h11-14,17-19,21,26,28,39H,3-10,15-16,20,22-25,27,29-38H2,1-2H3,(H2,44,45,46)/b13-11-,14-12-,19-17-,21-18-,28-26-/t39-/m1/s1. The van der Waals surface area contributed by atoms with Gasteiger partial charge in [0.1, 0.15) is 6.61 Å². The lowest BCUT2D eigenvalue weighted by Gasteiger charge is -2.18. The fourth-order valence-corrected chi connectivity index (χ4v) is 5.42. The molecule has 0 aromatic carbocycles. The van der Waals surface area contributed by atoms with Crippen LogP contribution in [0.3, 0.4) is 0 Å². The number of phosphoric ester groups is 1. The molecule has 0 saturated heterocycles. The predicted octanol–water partition coefficient (Wildman–Crippen LogP) is 11.7. The monoisotopic (exact) mass is 722 g/mol. The van der Waals surface area contributed by atoms with Crippen molar-refractivity contribution >= 4 is 19.8 Å². The Balaban J connectivity index is 4.04. The van der Waals surface area contributed by atoms with E-state index >= 15 is 0 Å². The predicted molar refractivity (Wildman–Crippen MR) is 207 cm³/mol. The summed E-state index contributed by atoms with van der Waals surface area (Å²) in [7, 11) is -4.77. The van der Waals surface area contributed by atoms with E-state index in [1.54, 1.807) is 0 Å². The number of hydrogen-bond donors (Lipinski definition) is 2. The zero-order valence-electron chi connectivity index (χ0n) is 31.5. The summed E-state index contributed by atoms with van der Waals surface area (Å²) in [5, 5.41) is 0. The highest BCUT2D eigenvalue weighted by atomic mass is 31.2. The molecular formula is C41H71O8P. The number of carbonyl (C=O) groups excluding carboxylic acids is 2. The minimum atomic E-state index is -4.77. The third-order valence-corrected chi connectivity index (χ3v) is 8.49. The molecule has 0 bridgehead atoms. The van der Waals surface area contributed by atoms with Gasteiger partial charge in [-0.25, -0.2) is 4.57 Å². The van der Waals surface area contributed by atoms with E-state index in [-0.39, 0.29) is 19.4 Å². The van der Waals surface area contributed by atoms with Crippen molar-refractivity contribution in [1.29, 1.82) is 0 Å². The van der Waals surface area contributed by atoms with Crippen LogP contribution in [0.1, 0.15) is 168 Å². The minimum absolute atomic E-state index is 0.159. The maximum Gasteiger partial charge on any atom is 0.469 e. The number of esters is 2. The summed E-state index contributed by atoms with van der Waals surface area (Å²) in [4.78, 5) is 42.7. The number of carbonyl (C=O) groups is 2. The molecule has 0 aliphatic rings. The molecule has 0 saturated carbocycles. The van der Waals surface area contributed by atoms with Gasteiger partial charge < -0.3 is 19.3 Å². The zero-order valence-corrected chi connectivity index (χ0v) is 32.4. The molecule has 0 radical (unpaired) electrons. The third-order valence-electron chi connectivity index (χ3n) is 8.01. The summed E-state index contributed by atoms with van der Waals surface area (Å²) >= 11 is 0. The molecule has 0 aromatic heterocycles. The van der Waals surface area contributed by atoms with Crippen molar-refractivity contribution in [1.82, 2.24) is 0 Å². The lowest BCUT2D eigenvalue weighted by Crippen LogP contribution is -2.29. The highest BCUT2D eigenvalue weighted by Crippen LogP contribution is 2.36. The van der Waals surface area contributed by atoms with E-state index in [0.29, 0.717) is 12.8 Å². The summed E-state index contributed by atoms with van der Waals surface area (Å²) in [6.07, 6.45) is 45.1. The van der Waals surface area contributed by atoms with Gasteiger partial charge in [-0.3, -0.25) is 14.1 Å². The Morgan fingerprint density at radius 1 is 0.520 bits per heavy atom. The van der Waals surface area contributed by atoms with Crippen LogP contribution in [0, 0.1) is 0 Å². The van der Waals surface area contributed by atoms with Crippen molar-refractivity contribution in [2.24, 2.45) is 0 Å². The first-order valence-corrected chi connectivity index (χ1v) is 21.1. The molecule has 9 heteroatoms. The number of unbranched alkanes of at least 4 members (excludes halogenated alkanes) is 15. The molecule has 50 heavy (non-hydrogen) atoms. The quantitative estimate of drug-likeness (QED) is 0.0287. The van der Waals surface area contributed by atoms with Gasteiger partial charge >= 0.3 is 19.8 Å². The maximum atomic E-state index is 12.4. The van der Waals surface area contributed by atoms with Crippen LogP contribution in [-0.2, 0) is 28.2 Å². The van der Waals surface area contributed by atoms with E-state index in [4.69, 9.17) is 19.3 Å². The number of allylic oxidation sites excluding steroid dienone is 10. The average Bonchev–Trinajstić information content (AvgIpc) is 3.08. The molecule has 0 heterocycles. The van der Waals surface area contributed by atoms with Crippen LogP contribution < -0.4 is 0 Å². The fourth-order valence-electron chi connectivity index (χ4n) is 5.06. The molecule has 0 rings (SSSR count). The van der Waals surface area contributed by atoms with Crippen LogP contribution in [-0.4, -0.2) is 41.0 Å². The molecular weight excluding hydrogens is 651 g/mol. The molecule has 0 unspecified atom stereocenters. The summed E-state index contributed by atoms with van der Waals surface area (Å²) in [5.41, 5.74) is 0. The Labute approximate surface area is 305 Å². The van der Waals surface area contributed by atoms with Crippen LogP contribution in [0.15, 0.2) is 60.8 Å². The number of phosphoric acid groups is 1. The van der Waals surface area contributed by atoms with Gasteiger partial charge in [0.05, 0.1) is 6.61 Å². The van der Waals surface area contributed by atoms with Crippen LogP contribution in [0.5, 0.6) is 0 Å². The van der Waals surface area contributed by atoms with Crippen LogP contribution in [0.2, 0.25) is 0 Å². The van der Waals surface area contributed by atoms with Gasteiger partial charge in [0.25, 0.3) is 0 Å². The Morgan fingerprint density at radius 2 is 0.900 bits per heavy atom. The highest BCUT2D eigenvalue weighted by molar-refractivity contribution is 7.46. The molecule has 8 nitrogen and oxygen atoms in total. The van der Waals surface area contributed by atoms with E-state index in [1.807, 2.05) is 0 Å². The lowest BCUT2D eigenvalue weighted by molar-refractivity contribution is -0.161. The number of rotatable bonds is 35. The van der Waals surface area contributed by atoms with Crippen molar-refractivity contribution in [3.8, 4) is 0 Å². The van der Waals surface area contributed by atoms with Crippen molar-refractivity contribution in [3.63, 3.8) is 0 Å². The highest BCUT2D eigenvalue weighted by Gasteiger charge is 2.22.